The third-order valence-corrected chi connectivity index (χ3v) is 3.28. The highest BCUT2D eigenvalue weighted by atomic mass is 19.1. The van der Waals surface area contributed by atoms with Crippen LogP contribution in [0.1, 0.15) is 17.2 Å². The van der Waals surface area contributed by atoms with Crippen molar-refractivity contribution in [1.82, 2.24) is 5.32 Å². The topological polar surface area (TPSA) is 55.2 Å². The van der Waals surface area contributed by atoms with Gasteiger partial charge in [-0.2, -0.15) is 0 Å². The summed E-state index contributed by atoms with van der Waals surface area (Å²) in [6, 6.07) is 9.10. The van der Waals surface area contributed by atoms with Crippen molar-refractivity contribution in [3.05, 3.63) is 75.3 Å². The monoisotopic (exact) mass is 292 g/mol. The Morgan fingerprint density at radius 2 is 1.71 bits per heavy atom. The number of nitro benzene ring substituents is 1. The van der Waals surface area contributed by atoms with Crippen molar-refractivity contribution >= 4 is 5.69 Å². The number of benzene rings is 2. The molecule has 2 aromatic rings. The van der Waals surface area contributed by atoms with Crippen molar-refractivity contribution in [3.8, 4) is 0 Å². The van der Waals surface area contributed by atoms with Crippen LogP contribution in [0.2, 0.25) is 0 Å². The quantitative estimate of drug-likeness (QED) is 0.679. The predicted octanol–water partition coefficient (Wildman–Crippen LogP) is 3.38. The molecule has 0 aliphatic heterocycles. The lowest BCUT2D eigenvalue weighted by Crippen LogP contribution is -2.21. The summed E-state index contributed by atoms with van der Waals surface area (Å²) in [5.74, 6) is -1.23. The second kappa shape index (κ2) is 6.41. The van der Waals surface area contributed by atoms with Crippen molar-refractivity contribution in [2.45, 2.75) is 12.5 Å². The third kappa shape index (κ3) is 3.41. The zero-order chi connectivity index (χ0) is 15.4. The van der Waals surface area contributed by atoms with Crippen molar-refractivity contribution in [1.29, 1.82) is 0 Å². The fourth-order valence-electron chi connectivity index (χ4n) is 2.18. The van der Waals surface area contributed by atoms with Crippen LogP contribution in [0.3, 0.4) is 0 Å². The molecule has 0 radical (unpaired) electrons. The number of hydrogen-bond acceptors (Lipinski definition) is 3. The molecule has 0 aliphatic carbocycles. The first kappa shape index (κ1) is 15.1. The molecule has 21 heavy (non-hydrogen) atoms. The standard InChI is InChI=1S/C15H14F2N2O2/c1-18-14(15-12(16)3-2-4-13(15)17)9-10-5-7-11(8-6-10)19(20)21/h2-8,14,18H,9H2,1H3. The average molecular weight is 292 g/mol. The van der Waals surface area contributed by atoms with Gasteiger partial charge in [0.15, 0.2) is 0 Å². The van der Waals surface area contributed by atoms with E-state index < -0.39 is 22.6 Å². The van der Waals surface area contributed by atoms with Crippen molar-refractivity contribution in [2.75, 3.05) is 7.05 Å². The molecule has 0 saturated carbocycles. The molecule has 2 rings (SSSR count). The van der Waals surface area contributed by atoms with E-state index in [1.165, 1.54) is 30.3 Å². The van der Waals surface area contributed by atoms with Crippen molar-refractivity contribution in [2.24, 2.45) is 0 Å². The summed E-state index contributed by atoms with van der Waals surface area (Å²) in [5, 5.41) is 13.5. The molecule has 1 atom stereocenters. The number of non-ortho nitro benzene ring substituents is 1. The normalized spacial score (nSPS) is 12.1. The predicted molar refractivity (Wildman–Crippen MR) is 75.0 cm³/mol. The Kier molecular flexibility index (Phi) is 4.59. The van der Waals surface area contributed by atoms with E-state index in [2.05, 4.69) is 5.32 Å². The molecule has 0 amide bonds. The second-order valence-electron chi connectivity index (χ2n) is 4.60. The van der Waals surface area contributed by atoms with Gasteiger partial charge in [0.1, 0.15) is 11.6 Å². The number of likely N-dealkylation sites (N-methyl/N-ethyl adjacent to an activating group) is 1. The van der Waals surface area contributed by atoms with E-state index in [4.69, 9.17) is 0 Å². The number of rotatable bonds is 5. The zero-order valence-corrected chi connectivity index (χ0v) is 11.3. The molecule has 0 fully saturated rings. The summed E-state index contributed by atoms with van der Waals surface area (Å²) in [5.41, 5.74) is 0.706. The van der Waals surface area contributed by atoms with Gasteiger partial charge in [-0.05, 0) is 31.2 Å². The Balaban J connectivity index is 2.25. The van der Waals surface area contributed by atoms with Crippen LogP contribution < -0.4 is 5.32 Å². The van der Waals surface area contributed by atoms with E-state index in [1.54, 1.807) is 19.2 Å². The van der Waals surface area contributed by atoms with Gasteiger partial charge in [0.05, 0.1) is 4.92 Å². The lowest BCUT2D eigenvalue weighted by atomic mass is 9.98. The summed E-state index contributed by atoms with van der Waals surface area (Å²) >= 11 is 0. The van der Waals surface area contributed by atoms with Gasteiger partial charge in [0.25, 0.3) is 5.69 Å². The summed E-state index contributed by atoms with van der Waals surface area (Å²) < 4.78 is 27.6. The van der Waals surface area contributed by atoms with Crippen LogP contribution in [0.15, 0.2) is 42.5 Å². The first-order valence-electron chi connectivity index (χ1n) is 6.37. The molecule has 0 saturated heterocycles. The lowest BCUT2D eigenvalue weighted by Gasteiger charge is -2.18. The molecule has 0 bridgehead atoms. The molecule has 2 aromatic carbocycles. The lowest BCUT2D eigenvalue weighted by molar-refractivity contribution is -0.384. The molecular formula is C15H14F2N2O2. The maximum atomic E-state index is 13.8. The Bertz CT molecular complexity index is 624. The van der Waals surface area contributed by atoms with Crippen LogP contribution in [0, 0.1) is 21.7 Å². The SMILES string of the molecule is CNC(Cc1ccc([N+](=O)[O-])cc1)c1c(F)cccc1F. The Hall–Kier alpha value is -2.34. The minimum Gasteiger partial charge on any atom is -0.313 e. The maximum absolute atomic E-state index is 13.8. The summed E-state index contributed by atoms with van der Waals surface area (Å²) in [6.07, 6.45) is 0.326. The molecule has 110 valence electrons. The summed E-state index contributed by atoms with van der Waals surface area (Å²) in [7, 11) is 1.61. The van der Waals surface area contributed by atoms with E-state index in [-0.39, 0.29) is 11.3 Å². The Morgan fingerprint density at radius 3 is 2.19 bits per heavy atom. The van der Waals surface area contributed by atoms with E-state index in [0.717, 1.165) is 5.56 Å². The highest BCUT2D eigenvalue weighted by molar-refractivity contribution is 5.34. The molecule has 0 heterocycles. The number of nitrogens with zero attached hydrogens (tertiary/aromatic N) is 1. The van der Waals surface area contributed by atoms with E-state index in [0.29, 0.717) is 6.42 Å². The van der Waals surface area contributed by atoms with Gasteiger partial charge in [-0.15, -0.1) is 0 Å². The number of nitrogens with one attached hydrogen (secondary N) is 1. The largest absolute Gasteiger partial charge is 0.313 e. The van der Waals surface area contributed by atoms with E-state index >= 15 is 0 Å². The molecule has 0 aliphatic rings. The van der Waals surface area contributed by atoms with Crippen LogP contribution in [0.4, 0.5) is 14.5 Å². The number of hydrogen-bond donors (Lipinski definition) is 1. The Labute approximate surface area is 120 Å². The highest BCUT2D eigenvalue weighted by Crippen LogP contribution is 2.24. The zero-order valence-electron chi connectivity index (χ0n) is 11.3. The minimum absolute atomic E-state index is 0.0168. The highest BCUT2D eigenvalue weighted by Gasteiger charge is 2.19. The number of halogens is 2. The molecule has 4 nitrogen and oxygen atoms in total. The summed E-state index contributed by atoms with van der Waals surface area (Å²) in [4.78, 5) is 10.1. The van der Waals surface area contributed by atoms with Crippen molar-refractivity contribution < 1.29 is 13.7 Å². The van der Waals surface area contributed by atoms with Crippen LogP contribution in [-0.2, 0) is 6.42 Å². The van der Waals surface area contributed by atoms with Crippen LogP contribution in [-0.4, -0.2) is 12.0 Å². The van der Waals surface area contributed by atoms with Gasteiger partial charge in [-0.25, -0.2) is 8.78 Å². The average Bonchev–Trinajstić information content (AvgIpc) is 2.46. The first-order valence-corrected chi connectivity index (χ1v) is 6.37. The van der Waals surface area contributed by atoms with Crippen molar-refractivity contribution in [3.63, 3.8) is 0 Å². The first-order chi connectivity index (χ1) is 10.0. The number of nitro groups is 1. The van der Waals surface area contributed by atoms with Gasteiger partial charge >= 0.3 is 0 Å². The smallest absolute Gasteiger partial charge is 0.269 e. The molecule has 6 heteroatoms. The fraction of sp³-hybridized carbons (Fsp3) is 0.200. The maximum Gasteiger partial charge on any atom is 0.269 e. The summed E-state index contributed by atoms with van der Waals surface area (Å²) in [6.45, 7) is 0. The molecule has 1 N–H and O–H groups in total. The fourth-order valence-corrected chi connectivity index (χ4v) is 2.18. The van der Waals surface area contributed by atoms with Gasteiger partial charge in [-0.3, -0.25) is 10.1 Å². The van der Waals surface area contributed by atoms with Crippen LogP contribution in [0.5, 0.6) is 0 Å². The van der Waals surface area contributed by atoms with Gasteiger partial charge in [0.2, 0.25) is 0 Å². The van der Waals surface area contributed by atoms with E-state index in [9.17, 15) is 18.9 Å². The van der Waals surface area contributed by atoms with E-state index in [1.807, 2.05) is 0 Å². The van der Waals surface area contributed by atoms with Gasteiger partial charge in [0, 0.05) is 23.7 Å². The minimum atomic E-state index is -0.615. The molecule has 1 unspecified atom stereocenters. The molecular weight excluding hydrogens is 278 g/mol. The van der Waals surface area contributed by atoms with Gasteiger partial charge < -0.3 is 5.32 Å². The Morgan fingerprint density at radius 1 is 1.14 bits per heavy atom. The molecule has 0 spiro atoms. The third-order valence-electron chi connectivity index (χ3n) is 3.28. The van der Waals surface area contributed by atoms with Crippen LogP contribution in [0.25, 0.3) is 0 Å². The van der Waals surface area contributed by atoms with Gasteiger partial charge in [-0.1, -0.05) is 18.2 Å². The van der Waals surface area contributed by atoms with Crippen LogP contribution >= 0.6 is 0 Å². The molecule has 0 aromatic heterocycles. The second-order valence-corrected chi connectivity index (χ2v) is 4.60.